The van der Waals surface area contributed by atoms with Crippen molar-refractivity contribution in [2.24, 2.45) is 5.92 Å². The summed E-state index contributed by atoms with van der Waals surface area (Å²) in [6.45, 7) is 3.12. The maximum absolute atomic E-state index is 12.5. The summed E-state index contributed by atoms with van der Waals surface area (Å²) in [5, 5.41) is 8.94. The molecule has 0 N–H and O–H groups in total. The second-order valence-electron chi connectivity index (χ2n) is 5.99. The van der Waals surface area contributed by atoms with Gasteiger partial charge in [-0.25, -0.2) is 4.98 Å². The minimum Gasteiger partial charge on any atom is -0.441 e. The summed E-state index contributed by atoms with van der Waals surface area (Å²) in [4.78, 5) is 18.8. The van der Waals surface area contributed by atoms with Gasteiger partial charge in [0.1, 0.15) is 5.76 Å². The summed E-state index contributed by atoms with van der Waals surface area (Å²) >= 11 is 3.43. The number of oxazole rings is 1. The lowest BCUT2D eigenvalue weighted by Gasteiger charge is -2.29. The Morgan fingerprint density at radius 3 is 2.88 bits per heavy atom. The molecule has 2 aromatic rings. The Morgan fingerprint density at radius 1 is 1.46 bits per heavy atom. The van der Waals surface area contributed by atoms with E-state index in [4.69, 9.17) is 9.68 Å². The molecule has 3 rings (SSSR count). The molecule has 5 nitrogen and oxygen atoms in total. The molecule has 1 aliphatic rings. The van der Waals surface area contributed by atoms with Gasteiger partial charge in [-0.3, -0.25) is 4.79 Å². The van der Waals surface area contributed by atoms with E-state index in [0.717, 1.165) is 22.9 Å². The Labute approximate surface area is 149 Å². The van der Waals surface area contributed by atoms with Crippen molar-refractivity contribution in [2.75, 3.05) is 13.1 Å². The summed E-state index contributed by atoms with van der Waals surface area (Å²) in [6, 6.07) is 10.00. The fraction of sp³-hybridized carbons (Fsp3) is 0.389. The molecular formula is C18H18BrN3O2. The predicted octanol–water partition coefficient (Wildman–Crippen LogP) is 3.72. The number of hydrogen-bond donors (Lipinski definition) is 0. The number of nitriles is 1. The highest BCUT2D eigenvalue weighted by Gasteiger charge is 2.24. The van der Waals surface area contributed by atoms with Crippen LogP contribution in [-0.2, 0) is 11.2 Å². The van der Waals surface area contributed by atoms with Crippen molar-refractivity contribution in [2.45, 2.75) is 26.2 Å². The van der Waals surface area contributed by atoms with Gasteiger partial charge in [0.2, 0.25) is 11.8 Å². The van der Waals surface area contributed by atoms with Crippen molar-refractivity contribution < 1.29 is 9.21 Å². The number of rotatable bonds is 3. The van der Waals surface area contributed by atoms with Crippen LogP contribution in [0.4, 0.5) is 0 Å². The molecule has 0 radical (unpaired) electrons. The molecule has 2 heterocycles. The highest BCUT2D eigenvalue weighted by molar-refractivity contribution is 9.10. The van der Waals surface area contributed by atoms with Crippen molar-refractivity contribution in [1.82, 2.24) is 9.88 Å². The van der Waals surface area contributed by atoms with E-state index in [0.29, 0.717) is 30.4 Å². The number of carbonyl (C=O) groups is 1. The van der Waals surface area contributed by atoms with Crippen LogP contribution in [0.15, 0.2) is 33.2 Å². The van der Waals surface area contributed by atoms with Gasteiger partial charge in [0.15, 0.2) is 0 Å². The Bertz CT molecular complexity index is 786. The van der Waals surface area contributed by atoms with Crippen molar-refractivity contribution in [3.8, 4) is 17.5 Å². The van der Waals surface area contributed by atoms with Crippen LogP contribution >= 0.6 is 15.9 Å². The molecule has 1 saturated heterocycles. The molecule has 1 aliphatic heterocycles. The summed E-state index contributed by atoms with van der Waals surface area (Å²) in [5.74, 6) is 1.32. The second-order valence-corrected chi connectivity index (χ2v) is 6.91. The number of benzene rings is 1. The van der Waals surface area contributed by atoms with Gasteiger partial charge in [0.05, 0.1) is 18.2 Å². The third-order valence-electron chi connectivity index (χ3n) is 4.31. The average molecular weight is 388 g/mol. The summed E-state index contributed by atoms with van der Waals surface area (Å²) < 4.78 is 6.69. The summed E-state index contributed by atoms with van der Waals surface area (Å²) in [7, 11) is 0. The average Bonchev–Trinajstić information content (AvgIpc) is 2.96. The maximum atomic E-state index is 12.5. The molecule has 0 unspecified atom stereocenters. The number of likely N-dealkylation sites (tertiary alicyclic amines) is 1. The molecule has 0 bridgehead atoms. The monoisotopic (exact) mass is 387 g/mol. The van der Waals surface area contributed by atoms with E-state index in [1.54, 1.807) is 0 Å². The molecule has 124 valence electrons. The van der Waals surface area contributed by atoms with Crippen molar-refractivity contribution in [3.63, 3.8) is 0 Å². The molecule has 1 aromatic carbocycles. The fourth-order valence-corrected chi connectivity index (χ4v) is 3.25. The number of halogens is 1. The van der Waals surface area contributed by atoms with E-state index in [9.17, 15) is 4.79 Å². The number of carbonyl (C=O) groups excluding carboxylic acids is 1. The van der Waals surface area contributed by atoms with Crippen molar-refractivity contribution >= 4 is 21.8 Å². The van der Waals surface area contributed by atoms with Gasteiger partial charge in [-0.15, -0.1) is 0 Å². The molecule has 0 atom stereocenters. The first-order valence-electron chi connectivity index (χ1n) is 7.96. The van der Waals surface area contributed by atoms with E-state index in [2.05, 4.69) is 27.0 Å². The van der Waals surface area contributed by atoms with E-state index in [-0.39, 0.29) is 18.2 Å². The SMILES string of the molecule is Cc1oc(-c2cccc(Br)c2)nc1CC(=O)N1CCC(C#N)CC1. The molecule has 24 heavy (non-hydrogen) atoms. The minimum atomic E-state index is 0.0450. The van der Waals surface area contributed by atoms with E-state index < -0.39 is 0 Å². The van der Waals surface area contributed by atoms with Crippen LogP contribution in [0.1, 0.15) is 24.3 Å². The Hall–Kier alpha value is -2.13. The molecule has 0 saturated carbocycles. The van der Waals surface area contributed by atoms with Gasteiger partial charge in [0.25, 0.3) is 0 Å². The lowest BCUT2D eigenvalue weighted by atomic mass is 9.98. The minimum absolute atomic E-state index is 0.0450. The number of aromatic nitrogens is 1. The van der Waals surface area contributed by atoms with Crippen molar-refractivity contribution in [1.29, 1.82) is 5.26 Å². The van der Waals surface area contributed by atoms with E-state index in [1.165, 1.54) is 0 Å². The normalized spacial score (nSPS) is 15.3. The molecule has 1 aromatic heterocycles. The number of hydrogen-bond acceptors (Lipinski definition) is 4. The molecule has 6 heteroatoms. The van der Waals surface area contributed by atoms with Gasteiger partial charge in [-0.2, -0.15) is 5.26 Å². The first-order valence-corrected chi connectivity index (χ1v) is 8.75. The number of aryl methyl sites for hydroxylation is 1. The maximum Gasteiger partial charge on any atom is 0.228 e. The zero-order valence-electron chi connectivity index (χ0n) is 13.5. The van der Waals surface area contributed by atoms with E-state index in [1.807, 2.05) is 36.1 Å². The Kier molecular flexibility index (Phi) is 5.00. The van der Waals surface area contributed by atoms with Gasteiger partial charge < -0.3 is 9.32 Å². The largest absolute Gasteiger partial charge is 0.441 e. The molecule has 0 aliphatic carbocycles. The van der Waals surface area contributed by atoms with Gasteiger partial charge in [0, 0.05) is 29.0 Å². The Balaban J connectivity index is 1.70. The Morgan fingerprint density at radius 2 is 2.21 bits per heavy atom. The first-order chi connectivity index (χ1) is 11.6. The second kappa shape index (κ2) is 7.18. The van der Waals surface area contributed by atoms with E-state index >= 15 is 0 Å². The third kappa shape index (κ3) is 3.68. The van der Waals surface area contributed by atoms with Crippen LogP contribution in [0.25, 0.3) is 11.5 Å². The smallest absolute Gasteiger partial charge is 0.228 e. The molecule has 1 amide bonds. The van der Waals surface area contributed by atoms with Crippen LogP contribution < -0.4 is 0 Å². The quantitative estimate of drug-likeness (QED) is 0.804. The summed E-state index contributed by atoms with van der Waals surface area (Å²) in [6.07, 6.45) is 1.74. The van der Waals surface area contributed by atoms with Gasteiger partial charge in [-0.1, -0.05) is 22.0 Å². The number of piperidine rings is 1. The number of amides is 1. The molecular weight excluding hydrogens is 370 g/mol. The zero-order chi connectivity index (χ0) is 17.1. The van der Waals surface area contributed by atoms with Gasteiger partial charge >= 0.3 is 0 Å². The molecule has 0 spiro atoms. The molecule has 1 fully saturated rings. The van der Waals surface area contributed by atoms with Crippen LogP contribution in [0.3, 0.4) is 0 Å². The van der Waals surface area contributed by atoms with Crippen molar-refractivity contribution in [3.05, 3.63) is 40.2 Å². The highest BCUT2D eigenvalue weighted by Crippen LogP contribution is 2.25. The zero-order valence-corrected chi connectivity index (χ0v) is 15.0. The lowest BCUT2D eigenvalue weighted by molar-refractivity contribution is -0.131. The standard InChI is InChI=1S/C18H18BrN3O2/c1-12-16(10-17(23)22-7-5-13(11-20)6-8-22)21-18(24-12)14-3-2-4-15(19)9-14/h2-4,9,13H,5-8,10H2,1H3. The third-order valence-corrected chi connectivity index (χ3v) is 4.81. The first kappa shape index (κ1) is 16.7. The summed E-state index contributed by atoms with van der Waals surface area (Å²) in [5.41, 5.74) is 1.55. The highest BCUT2D eigenvalue weighted by atomic mass is 79.9. The lowest BCUT2D eigenvalue weighted by Crippen LogP contribution is -2.39. The van der Waals surface area contributed by atoms with Crippen LogP contribution in [0, 0.1) is 24.2 Å². The van der Waals surface area contributed by atoms with Crippen LogP contribution in [0.5, 0.6) is 0 Å². The van der Waals surface area contributed by atoms with Gasteiger partial charge in [-0.05, 0) is 38.0 Å². The fourth-order valence-electron chi connectivity index (χ4n) is 2.85. The number of nitrogens with zero attached hydrogens (tertiary/aromatic N) is 3. The van der Waals surface area contributed by atoms with Crippen LogP contribution in [-0.4, -0.2) is 28.9 Å². The topological polar surface area (TPSA) is 70.1 Å². The predicted molar refractivity (Wildman–Crippen MR) is 93.0 cm³/mol. The van der Waals surface area contributed by atoms with Crippen LogP contribution in [0.2, 0.25) is 0 Å².